The summed E-state index contributed by atoms with van der Waals surface area (Å²) in [6.07, 6.45) is 12.8. The van der Waals surface area contributed by atoms with Crippen LogP contribution in [0.15, 0.2) is 24.3 Å². The van der Waals surface area contributed by atoms with Crippen LogP contribution in [0, 0.1) is 6.92 Å². The van der Waals surface area contributed by atoms with Crippen LogP contribution in [0.3, 0.4) is 0 Å². The molecule has 1 amide bonds. The molecule has 0 aliphatic heterocycles. The number of ether oxygens (including phenoxy) is 1. The van der Waals surface area contributed by atoms with Gasteiger partial charge in [-0.2, -0.15) is 0 Å². The molecule has 4 nitrogen and oxygen atoms in total. The first-order chi connectivity index (χ1) is 13.1. The molecule has 0 heterocycles. The number of aryl methyl sites for hydroxylation is 1. The van der Waals surface area contributed by atoms with Crippen LogP contribution in [0.5, 0.6) is 0 Å². The largest absolute Gasteiger partial charge is 0.466 e. The number of nitrogens with one attached hydrogen (secondary N) is 1. The second-order valence-electron chi connectivity index (χ2n) is 7.22. The van der Waals surface area contributed by atoms with E-state index in [1.807, 2.05) is 25.1 Å². The molecule has 0 spiro atoms. The van der Waals surface area contributed by atoms with Crippen LogP contribution in [0.2, 0.25) is 0 Å². The molecule has 0 saturated heterocycles. The normalized spacial score (nSPS) is 10.6. The monoisotopic (exact) mass is 375 g/mol. The van der Waals surface area contributed by atoms with Gasteiger partial charge in [0.15, 0.2) is 0 Å². The topological polar surface area (TPSA) is 55.4 Å². The van der Waals surface area contributed by atoms with Crippen molar-refractivity contribution in [3.8, 4) is 0 Å². The van der Waals surface area contributed by atoms with Crippen LogP contribution < -0.4 is 5.32 Å². The van der Waals surface area contributed by atoms with E-state index >= 15 is 0 Å². The van der Waals surface area contributed by atoms with Gasteiger partial charge in [0.25, 0.3) is 5.91 Å². The molecule has 0 atom stereocenters. The zero-order valence-electron chi connectivity index (χ0n) is 17.2. The molecule has 0 bridgehead atoms. The van der Waals surface area contributed by atoms with Crippen molar-refractivity contribution in [2.45, 2.75) is 84.5 Å². The summed E-state index contributed by atoms with van der Waals surface area (Å²) in [7, 11) is 0. The lowest BCUT2D eigenvalue weighted by atomic mass is 10.1. The third-order valence-electron chi connectivity index (χ3n) is 4.77. The molecule has 1 rings (SSSR count). The molecule has 4 heteroatoms. The van der Waals surface area contributed by atoms with Gasteiger partial charge in [-0.05, 0) is 25.0 Å². The molecular formula is C23H37NO3. The molecule has 27 heavy (non-hydrogen) atoms. The Kier molecular flexibility index (Phi) is 13.1. The standard InChI is InChI=1S/C23H37NO3/c1-3-4-5-6-7-8-9-10-11-14-19-27-22(25)17-18-24-23(26)21-16-13-12-15-20(21)2/h12-13,15-16H,3-11,14,17-19H2,1-2H3,(H,24,26). The summed E-state index contributed by atoms with van der Waals surface area (Å²) in [6, 6.07) is 7.42. The van der Waals surface area contributed by atoms with E-state index in [4.69, 9.17) is 4.74 Å². The fourth-order valence-electron chi connectivity index (χ4n) is 3.05. The van der Waals surface area contributed by atoms with Crippen molar-refractivity contribution >= 4 is 11.9 Å². The summed E-state index contributed by atoms with van der Waals surface area (Å²) >= 11 is 0. The maximum absolute atomic E-state index is 12.0. The van der Waals surface area contributed by atoms with Gasteiger partial charge in [0.05, 0.1) is 13.0 Å². The smallest absolute Gasteiger partial charge is 0.307 e. The number of benzene rings is 1. The third kappa shape index (κ3) is 11.5. The number of hydrogen-bond acceptors (Lipinski definition) is 3. The predicted molar refractivity (Wildman–Crippen MR) is 111 cm³/mol. The van der Waals surface area contributed by atoms with Gasteiger partial charge >= 0.3 is 5.97 Å². The Labute approximate surface area is 165 Å². The molecule has 0 aliphatic carbocycles. The first-order valence-corrected chi connectivity index (χ1v) is 10.6. The van der Waals surface area contributed by atoms with Crippen molar-refractivity contribution in [2.24, 2.45) is 0 Å². The number of rotatable bonds is 15. The molecule has 1 aromatic carbocycles. The minimum absolute atomic E-state index is 0.143. The van der Waals surface area contributed by atoms with Crippen molar-refractivity contribution in [2.75, 3.05) is 13.2 Å². The summed E-state index contributed by atoms with van der Waals surface area (Å²) in [6.45, 7) is 4.94. The molecule has 0 aromatic heterocycles. The van der Waals surface area contributed by atoms with Crippen molar-refractivity contribution < 1.29 is 14.3 Å². The Morgan fingerprint density at radius 2 is 1.48 bits per heavy atom. The third-order valence-corrected chi connectivity index (χ3v) is 4.77. The molecule has 1 aromatic rings. The summed E-state index contributed by atoms with van der Waals surface area (Å²) in [5.41, 5.74) is 1.58. The van der Waals surface area contributed by atoms with Crippen LogP contribution in [0.1, 0.15) is 93.5 Å². The van der Waals surface area contributed by atoms with E-state index < -0.39 is 0 Å². The van der Waals surface area contributed by atoms with Gasteiger partial charge in [0, 0.05) is 12.1 Å². The SMILES string of the molecule is CCCCCCCCCCCCOC(=O)CCNC(=O)c1ccccc1C. The van der Waals surface area contributed by atoms with E-state index in [1.54, 1.807) is 6.07 Å². The van der Waals surface area contributed by atoms with Crippen LogP contribution in [-0.4, -0.2) is 25.0 Å². The van der Waals surface area contributed by atoms with Gasteiger partial charge in [0.1, 0.15) is 0 Å². The van der Waals surface area contributed by atoms with E-state index in [-0.39, 0.29) is 18.3 Å². The van der Waals surface area contributed by atoms with E-state index in [0.717, 1.165) is 18.4 Å². The second-order valence-corrected chi connectivity index (χ2v) is 7.22. The van der Waals surface area contributed by atoms with Crippen molar-refractivity contribution in [3.05, 3.63) is 35.4 Å². The second kappa shape index (κ2) is 15.2. The molecular weight excluding hydrogens is 338 g/mol. The zero-order valence-corrected chi connectivity index (χ0v) is 17.2. The van der Waals surface area contributed by atoms with Crippen molar-refractivity contribution in [3.63, 3.8) is 0 Å². The minimum Gasteiger partial charge on any atom is -0.466 e. The van der Waals surface area contributed by atoms with Crippen LogP contribution in [0.4, 0.5) is 0 Å². The van der Waals surface area contributed by atoms with Gasteiger partial charge in [0.2, 0.25) is 0 Å². The highest BCUT2D eigenvalue weighted by atomic mass is 16.5. The summed E-state index contributed by atoms with van der Waals surface area (Å²) < 4.78 is 5.24. The number of carbonyl (C=O) groups is 2. The maximum atomic E-state index is 12.0. The van der Waals surface area contributed by atoms with Crippen LogP contribution in [-0.2, 0) is 9.53 Å². The van der Waals surface area contributed by atoms with E-state index in [9.17, 15) is 9.59 Å². The lowest BCUT2D eigenvalue weighted by Crippen LogP contribution is -2.27. The average molecular weight is 376 g/mol. The quantitative estimate of drug-likeness (QED) is 0.322. The molecule has 0 radical (unpaired) electrons. The Morgan fingerprint density at radius 1 is 0.889 bits per heavy atom. The van der Waals surface area contributed by atoms with Gasteiger partial charge in [-0.3, -0.25) is 9.59 Å². The first-order valence-electron chi connectivity index (χ1n) is 10.6. The fourth-order valence-corrected chi connectivity index (χ4v) is 3.05. The Bertz CT molecular complexity index is 542. The lowest BCUT2D eigenvalue weighted by molar-refractivity contribution is -0.143. The van der Waals surface area contributed by atoms with Gasteiger partial charge < -0.3 is 10.1 Å². The number of amides is 1. The highest BCUT2D eigenvalue weighted by Gasteiger charge is 2.09. The molecule has 0 saturated carbocycles. The summed E-state index contributed by atoms with van der Waals surface area (Å²) in [4.78, 5) is 23.8. The highest BCUT2D eigenvalue weighted by molar-refractivity contribution is 5.95. The van der Waals surface area contributed by atoms with Gasteiger partial charge in [-0.25, -0.2) is 0 Å². The fraction of sp³-hybridized carbons (Fsp3) is 0.652. The Morgan fingerprint density at radius 3 is 2.11 bits per heavy atom. The minimum atomic E-state index is -0.240. The number of esters is 1. The van der Waals surface area contributed by atoms with Crippen molar-refractivity contribution in [1.82, 2.24) is 5.32 Å². The molecule has 0 fully saturated rings. The highest BCUT2D eigenvalue weighted by Crippen LogP contribution is 2.10. The number of carbonyl (C=O) groups excluding carboxylic acids is 2. The lowest BCUT2D eigenvalue weighted by Gasteiger charge is -2.08. The zero-order chi connectivity index (χ0) is 19.7. The Balaban J connectivity index is 1.94. The predicted octanol–water partition coefficient (Wildman–Crippen LogP) is 5.58. The molecule has 0 aliphatic rings. The molecule has 0 unspecified atom stereocenters. The van der Waals surface area contributed by atoms with Gasteiger partial charge in [-0.1, -0.05) is 82.9 Å². The summed E-state index contributed by atoms with van der Waals surface area (Å²) in [5.74, 6) is -0.383. The Hall–Kier alpha value is -1.84. The van der Waals surface area contributed by atoms with Gasteiger partial charge in [-0.15, -0.1) is 0 Å². The first kappa shape index (κ1) is 23.2. The van der Waals surface area contributed by atoms with Crippen LogP contribution in [0.25, 0.3) is 0 Å². The average Bonchev–Trinajstić information content (AvgIpc) is 2.66. The number of hydrogen-bond donors (Lipinski definition) is 1. The number of unbranched alkanes of at least 4 members (excludes halogenated alkanes) is 9. The summed E-state index contributed by atoms with van der Waals surface area (Å²) in [5, 5.41) is 2.77. The van der Waals surface area contributed by atoms with Crippen LogP contribution >= 0.6 is 0 Å². The molecule has 1 N–H and O–H groups in total. The van der Waals surface area contributed by atoms with E-state index in [1.165, 1.54) is 51.4 Å². The van der Waals surface area contributed by atoms with E-state index in [2.05, 4.69) is 12.2 Å². The van der Waals surface area contributed by atoms with E-state index in [0.29, 0.717) is 18.7 Å². The van der Waals surface area contributed by atoms with Crippen molar-refractivity contribution in [1.29, 1.82) is 0 Å². The maximum Gasteiger partial charge on any atom is 0.307 e. The molecule has 152 valence electrons.